The Morgan fingerprint density at radius 3 is 1.88 bits per heavy atom. The molecule has 1 unspecified atom stereocenters. The van der Waals surface area contributed by atoms with Crippen LogP contribution >= 0.6 is 0 Å². The largest absolute Gasteiger partial charge is 0.468 e. The molecule has 0 saturated heterocycles. The molecule has 4 nitrogen and oxygen atoms in total. The molecule has 0 amide bonds. The van der Waals surface area contributed by atoms with E-state index in [1.165, 1.54) is 0 Å². The molecule has 0 aromatic carbocycles. The summed E-state index contributed by atoms with van der Waals surface area (Å²) < 4.78 is 79.3. The van der Waals surface area contributed by atoms with Crippen LogP contribution in [-0.2, 0) is 14.3 Å². The van der Waals surface area contributed by atoms with E-state index in [4.69, 9.17) is 5.73 Å². The number of rotatable bonds is 4. The molecule has 0 aromatic heterocycles. The summed E-state index contributed by atoms with van der Waals surface area (Å²) >= 11 is 0. The van der Waals surface area contributed by atoms with E-state index in [0.717, 1.165) is 7.11 Å². The van der Waals surface area contributed by atoms with Gasteiger partial charge in [0.25, 0.3) is 0 Å². The normalized spacial score (nSPS) is 14.9. The van der Waals surface area contributed by atoms with Crippen LogP contribution < -0.4 is 5.73 Å². The van der Waals surface area contributed by atoms with Gasteiger partial charge >= 0.3 is 18.3 Å². The highest BCUT2D eigenvalue weighted by molar-refractivity contribution is 5.75. The zero-order chi connectivity index (χ0) is 13.9. The van der Waals surface area contributed by atoms with Crippen molar-refractivity contribution in [2.45, 2.75) is 24.5 Å². The number of carbonyl (C=O) groups is 1. The molecule has 1 atom stereocenters. The van der Waals surface area contributed by atoms with Crippen LogP contribution in [0.3, 0.4) is 0 Å². The minimum atomic E-state index is -5.63. The second kappa shape index (κ2) is 5.54. The monoisotopic (exact) mass is 269 g/mol. The van der Waals surface area contributed by atoms with Crippen LogP contribution in [0.25, 0.3) is 0 Å². The second-order valence-corrected chi connectivity index (χ2v) is 2.93. The second-order valence-electron chi connectivity index (χ2n) is 2.93. The Kier molecular flexibility index (Phi) is 5.20. The predicted octanol–water partition coefficient (Wildman–Crippen LogP) is 0.997. The molecule has 0 saturated carbocycles. The van der Waals surface area contributed by atoms with Gasteiger partial charge in [-0.2, -0.15) is 26.3 Å². The maximum Gasteiger partial charge on any atom is 0.423 e. The number of methoxy groups -OCH3 is 1. The van der Waals surface area contributed by atoms with Gasteiger partial charge in [-0.1, -0.05) is 0 Å². The smallest absolute Gasteiger partial charge is 0.423 e. The molecule has 102 valence electrons. The van der Waals surface area contributed by atoms with Crippen molar-refractivity contribution >= 4 is 5.97 Å². The van der Waals surface area contributed by atoms with E-state index in [-0.39, 0.29) is 0 Å². The first kappa shape index (κ1) is 16.0. The van der Waals surface area contributed by atoms with E-state index in [0.29, 0.717) is 0 Å². The van der Waals surface area contributed by atoms with Crippen LogP contribution in [0.5, 0.6) is 0 Å². The first-order valence-electron chi connectivity index (χ1n) is 4.08. The molecule has 17 heavy (non-hydrogen) atoms. The molecule has 0 bridgehead atoms. The molecule has 0 aliphatic carbocycles. The zero-order valence-electron chi connectivity index (χ0n) is 8.43. The Morgan fingerprint density at radius 1 is 1.18 bits per heavy atom. The van der Waals surface area contributed by atoms with Crippen molar-refractivity contribution in [3.8, 4) is 0 Å². The Balaban J connectivity index is 4.54. The Labute approximate surface area is 91.7 Å². The van der Waals surface area contributed by atoms with Gasteiger partial charge in [0.1, 0.15) is 6.04 Å². The van der Waals surface area contributed by atoms with E-state index in [1.54, 1.807) is 0 Å². The van der Waals surface area contributed by atoms with Gasteiger partial charge in [0.2, 0.25) is 6.10 Å². The first-order valence-corrected chi connectivity index (χ1v) is 4.08. The number of halogens is 6. The molecular formula is C7H9F6NO3. The fourth-order valence-electron chi connectivity index (χ4n) is 0.794. The number of esters is 1. The molecular weight excluding hydrogens is 260 g/mol. The third-order valence-electron chi connectivity index (χ3n) is 1.54. The van der Waals surface area contributed by atoms with Crippen LogP contribution in [0.1, 0.15) is 0 Å². The fourth-order valence-corrected chi connectivity index (χ4v) is 0.794. The van der Waals surface area contributed by atoms with Gasteiger partial charge < -0.3 is 15.2 Å². The minimum absolute atomic E-state index is 0.882. The molecule has 2 N–H and O–H groups in total. The van der Waals surface area contributed by atoms with Gasteiger partial charge in [-0.3, -0.25) is 4.79 Å². The lowest BCUT2D eigenvalue weighted by Crippen LogP contribution is -2.47. The summed E-state index contributed by atoms with van der Waals surface area (Å²) in [7, 11) is 0.882. The standard InChI is InChI=1S/C7H9F6NO3/c1-16-4(15)3(14)2-17-5(6(8,9)10)7(11,12)13/h3,5H,2,14H2,1H3. The van der Waals surface area contributed by atoms with E-state index in [1.807, 2.05) is 0 Å². The SMILES string of the molecule is COC(=O)C(N)COC(C(F)(F)F)C(F)(F)F. The van der Waals surface area contributed by atoms with Crippen molar-refractivity contribution in [1.82, 2.24) is 0 Å². The molecule has 0 fully saturated rings. The lowest BCUT2D eigenvalue weighted by molar-refractivity contribution is -0.322. The summed E-state index contributed by atoms with van der Waals surface area (Å²) in [5.41, 5.74) is 4.93. The Morgan fingerprint density at radius 2 is 1.59 bits per heavy atom. The molecule has 0 radical (unpaired) electrons. The van der Waals surface area contributed by atoms with Crippen LogP contribution in [0, 0.1) is 0 Å². The van der Waals surface area contributed by atoms with E-state index in [2.05, 4.69) is 9.47 Å². The molecule has 10 heteroatoms. The van der Waals surface area contributed by atoms with E-state index < -0.39 is 37.1 Å². The predicted molar refractivity (Wildman–Crippen MR) is 41.8 cm³/mol. The molecule has 0 rings (SSSR count). The lowest BCUT2D eigenvalue weighted by atomic mass is 10.3. The number of nitrogens with two attached hydrogens (primary N) is 1. The Bertz CT molecular complexity index is 249. The van der Waals surface area contributed by atoms with Gasteiger partial charge in [-0.05, 0) is 0 Å². The summed E-state index contributed by atoms with van der Waals surface area (Å²) in [4.78, 5) is 10.6. The quantitative estimate of drug-likeness (QED) is 0.611. The van der Waals surface area contributed by atoms with Crippen molar-refractivity contribution in [3.63, 3.8) is 0 Å². The average Bonchev–Trinajstić information content (AvgIpc) is 2.12. The van der Waals surface area contributed by atoms with E-state index in [9.17, 15) is 31.1 Å². The van der Waals surface area contributed by atoms with Gasteiger partial charge in [-0.25, -0.2) is 0 Å². The van der Waals surface area contributed by atoms with Crippen LogP contribution in [-0.4, -0.2) is 44.2 Å². The zero-order valence-corrected chi connectivity index (χ0v) is 8.43. The fraction of sp³-hybridized carbons (Fsp3) is 0.857. The highest BCUT2D eigenvalue weighted by atomic mass is 19.4. The molecule has 0 aromatic rings. The topological polar surface area (TPSA) is 61.5 Å². The van der Waals surface area contributed by atoms with Crippen molar-refractivity contribution in [1.29, 1.82) is 0 Å². The summed E-state index contributed by atoms with van der Waals surface area (Å²) in [5, 5.41) is 0. The van der Waals surface area contributed by atoms with Gasteiger partial charge in [-0.15, -0.1) is 0 Å². The summed E-state index contributed by atoms with van der Waals surface area (Å²) in [6.07, 6.45) is -15.2. The van der Waals surface area contributed by atoms with Crippen LogP contribution in [0.4, 0.5) is 26.3 Å². The third kappa shape index (κ3) is 5.22. The lowest BCUT2D eigenvalue weighted by Gasteiger charge is -2.23. The van der Waals surface area contributed by atoms with Gasteiger partial charge in [0.15, 0.2) is 0 Å². The summed E-state index contributed by atoms with van der Waals surface area (Å²) in [6.45, 7) is -1.25. The number of alkyl halides is 6. The third-order valence-corrected chi connectivity index (χ3v) is 1.54. The summed E-state index contributed by atoms with van der Waals surface area (Å²) in [5.74, 6) is -1.17. The van der Waals surface area contributed by atoms with Crippen molar-refractivity contribution in [2.24, 2.45) is 5.73 Å². The maximum absolute atomic E-state index is 11.9. The summed E-state index contributed by atoms with van der Waals surface area (Å²) in [6, 6.07) is -1.72. The molecule has 0 spiro atoms. The first-order chi connectivity index (χ1) is 7.50. The van der Waals surface area contributed by atoms with Gasteiger partial charge in [0, 0.05) is 0 Å². The minimum Gasteiger partial charge on any atom is -0.468 e. The molecule has 0 aliphatic rings. The number of carbonyl (C=O) groups excluding carboxylic acids is 1. The molecule has 0 heterocycles. The van der Waals surface area contributed by atoms with Crippen molar-refractivity contribution in [3.05, 3.63) is 0 Å². The average molecular weight is 269 g/mol. The Hall–Kier alpha value is -1.03. The van der Waals surface area contributed by atoms with Crippen LogP contribution in [0.2, 0.25) is 0 Å². The number of hydrogen-bond donors (Lipinski definition) is 1. The number of hydrogen-bond acceptors (Lipinski definition) is 4. The maximum atomic E-state index is 11.9. The highest BCUT2D eigenvalue weighted by Gasteiger charge is 2.58. The highest BCUT2D eigenvalue weighted by Crippen LogP contribution is 2.35. The van der Waals surface area contributed by atoms with Gasteiger partial charge in [0.05, 0.1) is 13.7 Å². The number of ether oxygens (including phenoxy) is 2. The van der Waals surface area contributed by atoms with Crippen molar-refractivity contribution < 1.29 is 40.6 Å². The van der Waals surface area contributed by atoms with E-state index >= 15 is 0 Å². The van der Waals surface area contributed by atoms with Crippen LogP contribution in [0.15, 0.2) is 0 Å². The van der Waals surface area contributed by atoms with Crippen molar-refractivity contribution in [2.75, 3.05) is 13.7 Å². The molecule has 0 aliphatic heterocycles.